The van der Waals surface area contributed by atoms with Gasteiger partial charge in [0.1, 0.15) is 0 Å². The summed E-state index contributed by atoms with van der Waals surface area (Å²) in [5, 5.41) is 2.54. The van der Waals surface area contributed by atoms with E-state index in [2.05, 4.69) is 21.2 Å². The van der Waals surface area contributed by atoms with Crippen LogP contribution in [-0.2, 0) is 0 Å². The molecule has 0 aliphatic heterocycles. The normalized spacial score (nSPS) is 9.60. The van der Waals surface area contributed by atoms with Crippen LogP contribution in [0.15, 0.2) is 16.6 Å². The molecule has 0 fully saturated rings. The summed E-state index contributed by atoms with van der Waals surface area (Å²) in [4.78, 5) is 11.4. The van der Waals surface area contributed by atoms with Crippen molar-refractivity contribution < 1.29 is 14.3 Å². The molecular formula is C10H12BrNO3. The maximum Gasteiger partial charge on any atom is 0.251 e. The maximum atomic E-state index is 11.4. The summed E-state index contributed by atoms with van der Waals surface area (Å²) in [5.41, 5.74) is 0.516. The highest BCUT2D eigenvalue weighted by molar-refractivity contribution is 9.10. The summed E-state index contributed by atoms with van der Waals surface area (Å²) in [5.74, 6) is 0.923. The average molecular weight is 274 g/mol. The molecule has 82 valence electrons. The molecule has 1 aromatic rings. The smallest absolute Gasteiger partial charge is 0.251 e. The summed E-state index contributed by atoms with van der Waals surface area (Å²) in [6.45, 7) is 0. The summed E-state index contributed by atoms with van der Waals surface area (Å²) >= 11 is 3.31. The Labute approximate surface area is 96.7 Å². The van der Waals surface area contributed by atoms with E-state index < -0.39 is 0 Å². The third kappa shape index (κ3) is 2.41. The van der Waals surface area contributed by atoms with Crippen molar-refractivity contribution in [3.05, 3.63) is 22.2 Å². The molecule has 0 saturated carbocycles. The van der Waals surface area contributed by atoms with E-state index in [0.717, 1.165) is 0 Å². The van der Waals surface area contributed by atoms with Crippen molar-refractivity contribution in [2.45, 2.75) is 0 Å². The average Bonchev–Trinajstić information content (AvgIpc) is 2.26. The van der Waals surface area contributed by atoms with Gasteiger partial charge >= 0.3 is 0 Å². The predicted molar refractivity (Wildman–Crippen MR) is 60.6 cm³/mol. The van der Waals surface area contributed by atoms with Crippen molar-refractivity contribution in [3.63, 3.8) is 0 Å². The lowest BCUT2D eigenvalue weighted by Crippen LogP contribution is -2.17. The van der Waals surface area contributed by atoms with E-state index in [-0.39, 0.29) is 5.91 Å². The van der Waals surface area contributed by atoms with Crippen molar-refractivity contribution in [2.24, 2.45) is 0 Å². The van der Waals surface area contributed by atoms with Crippen LogP contribution in [0.4, 0.5) is 0 Å². The van der Waals surface area contributed by atoms with Gasteiger partial charge in [-0.1, -0.05) is 0 Å². The number of rotatable bonds is 3. The van der Waals surface area contributed by atoms with Crippen LogP contribution < -0.4 is 14.8 Å². The molecule has 0 aliphatic rings. The van der Waals surface area contributed by atoms with E-state index in [0.29, 0.717) is 21.5 Å². The first-order valence-corrected chi connectivity index (χ1v) is 5.07. The fourth-order valence-electron chi connectivity index (χ4n) is 1.19. The minimum absolute atomic E-state index is 0.170. The third-order valence-corrected chi connectivity index (χ3v) is 2.51. The maximum absolute atomic E-state index is 11.4. The number of carbonyl (C=O) groups is 1. The quantitative estimate of drug-likeness (QED) is 0.914. The molecule has 0 heterocycles. The third-order valence-electron chi connectivity index (χ3n) is 1.92. The Morgan fingerprint density at radius 2 is 2.00 bits per heavy atom. The first-order valence-electron chi connectivity index (χ1n) is 4.27. The molecule has 0 radical (unpaired) electrons. The number of hydrogen-bond donors (Lipinski definition) is 1. The van der Waals surface area contributed by atoms with Crippen molar-refractivity contribution in [3.8, 4) is 11.5 Å². The monoisotopic (exact) mass is 273 g/mol. The number of methoxy groups -OCH3 is 2. The molecule has 0 atom stereocenters. The Bertz CT molecular complexity index is 379. The molecule has 1 N–H and O–H groups in total. The number of ether oxygens (including phenoxy) is 2. The van der Waals surface area contributed by atoms with Crippen LogP contribution in [0.1, 0.15) is 10.4 Å². The number of benzene rings is 1. The largest absolute Gasteiger partial charge is 0.493 e. The minimum Gasteiger partial charge on any atom is -0.493 e. The fourth-order valence-corrected chi connectivity index (χ4v) is 1.80. The molecule has 5 heteroatoms. The molecule has 0 aromatic heterocycles. The first kappa shape index (κ1) is 11.8. The minimum atomic E-state index is -0.170. The van der Waals surface area contributed by atoms with E-state index >= 15 is 0 Å². The van der Waals surface area contributed by atoms with Gasteiger partial charge in [0.15, 0.2) is 11.5 Å². The molecule has 1 rings (SSSR count). The predicted octanol–water partition coefficient (Wildman–Crippen LogP) is 1.83. The van der Waals surface area contributed by atoms with E-state index in [1.54, 1.807) is 26.3 Å². The summed E-state index contributed by atoms with van der Waals surface area (Å²) in [7, 11) is 4.65. The molecule has 0 unspecified atom stereocenters. The SMILES string of the molecule is CNC(=O)c1cc(Br)c(OC)c(OC)c1. The van der Waals surface area contributed by atoms with E-state index in [1.165, 1.54) is 7.11 Å². The van der Waals surface area contributed by atoms with Crippen molar-refractivity contribution in [2.75, 3.05) is 21.3 Å². The fraction of sp³-hybridized carbons (Fsp3) is 0.300. The van der Waals surface area contributed by atoms with E-state index in [4.69, 9.17) is 9.47 Å². The Hall–Kier alpha value is -1.23. The molecule has 4 nitrogen and oxygen atoms in total. The van der Waals surface area contributed by atoms with Gasteiger partial charge < -0.3 is 14.8 Å². The lowest BCUT2D eigenvalue weighted by Gasteiger charge is -2.11. The zero-order chi connectivity index (χ0) is 11.4. The Kier molecular flexibility index (Phi) is 3.96. The second kappa shape index (κ2) is 5.02. The van der Waals surface area contributed by atoms with Gasteiger partial charge in [-0.05, 0) is 28.1 Å². The van der Waals surface area contributed by atoms with Crippen LogP contribution in [-0.4, -0.2) is 27.2 Å². The molecule has 0 saturated heterocycles. The second-order valence-electron chi connectivity index (χ2n) is 2.77. The zero-order valence-corrected chi connectivity index (χ0v) is 10.3. The highest BCUT2D eigenvalue weighted by Gasteiger charge is 2.13. The molecule has 0 aliphatic carbocycles. The Morgan fingerprint density at radius 3 is 2.47 bits per heavy atom. The van der Waals surface area contributed by atoms with Gasteiger partial charge in [-0.15, -0.1) is 0 Å². The Morgan fingerprint density at radius 1 is 1.33 bits per heavy atom. The summed E-state index contributed by atoms with van der Waals surface area (Å²) in [6, 6.07) is 3.31. The topological polar surface area (TPSA) is 47.6 Å². The van der Waals surface area contributed by atoms with Gasteiger partial charge in [0.05, 0.1) is 18.7 Å². The van der Waals surface area contributed by atoms with Gasteiger partial charge in [-0.3, -0.25) is 4.79 Å². The van der Waals surface area contributed by atoms with Crippen LogP contribution in [0, 0.1) is 0 Å². The second-order valence-corrected chi connectivity index (χ2v) is 3.63. The highest BCUT2D eigenvalue weighted by atomic mass is 79.9. The molecule has 0 bridgehead atoms. The number of hydrogen-bond acceptors (Lipinski definition) is 3. The zero-order valence-electron chi connectivity index (χ0n) is 8.76. The lowest BCUT2D eigenvalue weighted by atomic mass is 10.2. The van der Waals surface area contributed by atoms with Gasteiger partial charge in [0, 0.05) is 12.6 Å². The van der Waals surface area contributed by atoms with E-state index in [1.807, 2.05) is 0 Å². The lowest BCUT2D eigenvalue weighted by molar-refractivity contribution is 0.0962. The number of nitrogens with one attached hydrogen (secondary N) is 1. The molecule has 1 amide bonds. The van der Waals surface area contributed by atoms with Crippen molar-refractivity contribution in [1.29, 1.82) is 0 Å². The highest BCUT2D eigenvalue weighted by Crippen LogP contribution is 2.36. The van der Waals surface area contributed by atoms with Gasteiger partial charge in [0.25, 0.3) is 5.91 Å². The number of halogens is 1. The summed E-state index contributed by atoms with van der Waals surface area (Å²) in [6.07, 6.45) is 0. The summed E-state index contributed by atoms with van der Waals surface area (Å²) < 4.78 is 10.9. The van der Waals surface area contributed by atoms with Crippen molar-refractivity contribution >= 4 is 21.8 Å². The van der Waals surface area contributed by atoms with Crippen LogP contribution in [0.2, 0.25) is 0 Å². The van der Waals surface area contributed by atoms with Crippen LogP contribution in [0.25, 0.3) is 0 Å². The molecular weight excluding hydrogens is 262 g/mol. The van der Waals surface area contributed by atoms with Gasteiger partial charge in [0.2, 0.25) is 0 Å². The van der Waals surface area contributed by atoms with Crippen LogP contribution >= 0.6 is 15.9 Å². The first-order chi connectivity index (χ1) is 7.13. The number of amides is 1. The van der Waals surface area contributed by atoms with Crippen LogP contribution in [0.5, 0.6) is 11.5 Å². The molecule has 0 spiro atoms. The van der Waals surface area contributed by atoms with Gasteiger partial charge in [-0.2, -0.15) is 0 Å². The van der Waals surface area contributed by atoms with Crippen molar-refractivity contribution in [1.82, 2.24) is 5.32 Å². The molecule has 15 heavy (non-hydrogen) atoms. The van der Waals surface area contributed by atoms with E-state index in [9.17, 15) is 4.79 Å². The van der Waals surface area contributed by atoms with Crippen LogP contribution in [0.3, 0.4) is 0 Å². The number of carbonyl (C=O) groups excluding carboxylic acids is 1. The standard InChI is InChI=1S/C10H12BrNO3/c1-12-10(13)6-4-7(11)9(15-3)8(5-6)14-2/h4-5H,1-3H3,(H,12,13). The van der Waals surface area contributed by atoms with Gasteiger partial charge in [-0.25, -0.2) is 0 Å². The Balaban J connectivity index is 3.25. The molecule has 1 aromatic carbocycles.